The van der Waals surface area contributed by atoms with Crippen LogP contribution in [0, 0.1) is 13.8 Å². The first-order chi connectivity index (χ1) is 8.40. The highest BCUT2D eigenvalue weighted by atomic mass is 32.2. The van der Waals surface area contributed by atoms with E-state index in [1.807, 2.05) is 13.8 Å². The van der Waals surface area contributed by atoms with Crippen molar-refractivity contribution in [3.05, 3.63) is 34.8 Å². The number of rotatable bonds is 3. The molecule has 96 valence electrons. The van der Waals surface area contributed by atoms with Crippen LogP contribution in [0.3, 0.4) is 0 Å². The highest BCUT2D eigenvalue weighted by Crippen LogP contribution is 2.25. The minimum absolute atomic E-state index is 0.0841. The SMILES string of the molecule is Cc1cc(N)c(S(=O)(=O)Nc2nccs2)cc1C. The highest BCUT2D eigenvalue weighted by Gasteiger charge is 2.19. The van der Waals surface area contributed by atoms with Gasteiger partial charge in [-0.1, -0.05) is 0 Å². The zero-order chi connectivity index (χ0) is 13.3. The average Bonchev–Trinajstić information content (AvgIpc) is 2.75. The van der Waals surface area contributed by atoms with E-state index in [9.17, 15) is 8.42 Å². The van der Waals surface area contributed by atoms with Crippen LogP contribution in [-0.2, 0) is 10.0 Å². The van der Waals surface area contributed by atoms with Crippen LogP contribution in [-0.4, -0.2) is 13.4 Å². The van der Waals surface area contributed by atoms with E-state index in [0.29, 0.717) is 5.13 Å². The first kappa shape index (κ1) is 12.8. The predicted octanol–water partition coefficient (Wildman–Crippen LogP) is 2.14. The Morgan fingerprint density at radius 1 is 1.28 bits per heavy atom. The molecule has 1 heterocycles. The van der Waals surface area contributed by atoms with E-state index in [0.717, 1.165) is 11.1 Å². The average molecular weight is 283 g/mol. The number of nitrogens with zero attached hydrogens (tertiary/aromatic N) is 1. The molecule has 0 saturated heterocycles. The van der Waals surface area contributed by atoms with Crippen molar-refractivity contribution in [1.82, 2.24) is 4.98 Å². The molecule has 7 heteroatoms. The molecule has 1 aromatic heterocycles. The standard InChI is InChI=1S/C11H13N3O2S2/c1-7-5-9(12)10(6-8(7)2)18(15,16)14-11-13-3-4-17-11/h3-6H,12H2,1-2H3,(H,13,14). The van der Waals surface area contributed by atoms with Crippen LogP contribution in [0.2, 0.25) is 0 Å². The monoisotopic (exact) mass is 283 g/mol. The second-order valence-corrected chi connectivity index (χ2v) is 6.46. The van der Waals surface area contributed by atoms with Gasteiger partial charge in [-0.2, -0.15) is 0 Å². The van der Waals surface area contributed by atoms with E-state index in [1.54, 1.807) is 17.5 Å². The maximum atomic E-state index is 12.2. The number of aryl methyl sites for hydroxylation is 2. The molecular weight excluding hydrogens is 270 g/mol. The van der Waals surface area contributed by atoms with Gasteiger partial charge in [0, 0.05) is 11.6 Å². The molecule has 0 unspecified atom stereocenters. The summed E-state index contributed by atoms with van der Waals surface area (Å²) in [6.45, 7) is 3.73. The molecule has 2 aromatic rings. The van der Waals surface area contributed by atoms with Crippen LogP contribution in [0.1, 0.15) is 11.1 Å². The highest BCUT2D eigenvalue weighted by molar-refractivity contribution is 7.93. The van der Waals surface area contributed by atoms with Crippen molar-refractivity contribution in [2.75, 3.05) is 10.5 Å². The number of hydrogen-bond acceptors (Lipinski definition) is 5. The van der Waals surface area contributed by atoms with Crippen LogP contribution in [0.5, 0.6) is 0 Å². The summed E-state index contributed by atoms with van der Waals surface area (Å²) in [5, 5.41) is 2.02. The molecule has 0 radical (unpaired) electrons. The zero-order valence-corrected chi connectivity index (χ0v) is 11.6. The summed E-state index contributed by atoms with van der Waals surface area (Å²) in [5.41, 5.74) is 7.84. The van der Waals surface area contributed by atoms with Crippen molar-refractivity contribution in [3.63, 3.8) is 0 Å². The second kappa shape index (κ2) is 4.58. The van der Waals surface area contributed by atoms with E-state index in [-0.39, 0.29) is 10.6 Å². The van der Waals surface area contributed by atoms with Crippen LogP contribution in [0.4, 0.5) is 10.8 Å². The molecule has 0 amide bonds. The molecule has 3 N–H and O–H groups in total. The van der Waals surface area contributed by atoms with Crippen LogP contribution in [0.25, 0.3) is 0 Å². The minimum atomic E-state index is -3.68. The Hall–Kier alpha value is -1.60. The van der Waals surface area contributed by atoms with Crippen LogP contribution < -0.4 is 10.5 Å². The molecular formula is C11H13N3O2S2. The van der Waals surface area contributed by atoms with Crippen molar-refractivity contribution in [2.24, 2.45) is 0 Å². The second-order valence-electron chi connectivity index (χ2n) is 3.92. The van der Waals surface area contributed by atoms with Gasteiger partial charge in [-0.15, -0.1) is 11.3 Å². The van der Waals surface area contributed by atoms with Gasteiger partial charge >= 0.3 is 0 Å². The van der Waals surface area contributed by atoms with Gasteiger partial charge in [0.25, 0.3) is 10.0 Å². The maximum Gasteiger partial charge on any atom is 0.265 e. The fraction of sp³-hybridized carbons (Fsp3) is 0.182. The van der Waals surface area contributed by atoms with Gasteiger partial charge in [0.1, 0.15) is 4.90 Å². The summed E-state index contributed by atoms with van der Waals surface area (Å²) in [7, 11) is -3.68. The molecule has 18 heavy (non-hydrogen) atoms. The molecule has 0 aliphatic rings. The molecule has 0 atom stereocenters. The van der Waals surface area contributed by atoms with Gasteiger partial charge in [0.15, 0.2) is 5.13 Å². The van der Waals surface area contributed by atoms with E-state index in [1.165, 1.54) is 17.5 Å². The van der Waals surface area contributed by atoms with E-state index < -0.39 is 10.0 Å². The van der Waals surface area contributed by atoms with Crippen LogP contribution >= 0.6 is 11.3 Å². The number of benzene rings is 1. The van der Waals surface area contributed by atoms with E-state index in [2.05, 4.69) is 9.71 Å². The molecule has 5 nitrogen and oxygen atoms in total. The van der Waals surface area contributed by atoms with Gasteiger partial charge in [0.05, 0.1) is 5.69 Å². The quantitative estimate of drug-likeness (QED) is 0.845. The lowest BCUT2D eigenvalue weighted by Gasteiger charge is -2.10. The van der Waals surface area contributed by atoms with Crippen molar-refractivity contribution < 1.29 is 8.42 Å². The lowest BCUT2D eigenvalue weighted by atomic mass is 10.1. The molecule has 0 fully saturated rings. The lowest BCUT2D eigenvalue weighted by molar-refractivity contribution is 0.601. The lowest BCUT2D eigenvalue weighted by Crippen LogP contribution is -2.15. The summed E-state index contributed by atoms with van der Waals surface area (Å²) in [6.07, 6.45) is 1.53. The molecule has 0 aliphatic carbocycles. The summed E-state index contributed by atoms with van der Waals surface area (Å²) in [6, 6.07) is 3.23. The van der Waals surface area contributed by atoms with Gasteiger partial charge in [0.2, 0.25) is 0 Å². The number of hydrogen-bond donors (Lipinski definition) is 2. The van der Waals surface area contributed by atoms with Crippen LogP contribution in [0.15, 0.2) is 28.6 Å². The maximum absolute atomic E-state index is 12.2. The zero-order valence-electron chi connectivity index (χ0n) is 9.97. The Labute approximate surface area is 110 Å². The predicted molar refractivity (Wildman–Crippen MR) is 73.3 cm³/mol. The van der Waals surface area contributed by atoms with Gasteiger partial charge in [-0.25, -0.2) is 13.4 Å². The summed E-state index contributed by atoms with van der Waals surface area (Å²) in [4.78, 5) is 3.97. The topological polar surface area (TPSA) is 85.1 Å². The summed E-state index contributed by atoms with van der Waals surface area (Å²) < 4.78 is 26.7. The molecule has 2 rings (SSSR count). The van der Waals surface area contributed by atoms with Gasteiger partial charge in [-0.05, 0) is 37.1 Å². The first-order valence-corrected chi connectivity index (χ1v) is 7.55. The summed E-state index contributed by atoms with van der Waals surface area (Å²) >= 11 is 1.22. The van der Waals surface area contributed by atoms with Gasteiger partial charge < -0.3 is 5.73 Å². The number of anilines is 2. The number of aromatic nitrogens is 1. The molecule has 0 bridgehead atoms. The fourth-order valence-corrected chi connectivity index (χ4v) is 3.48. The third kappa shape index (κ3) is 2.46. The summed E-state index contributed by atoms with van der Waals surface area (Å²) in [5.74, 6) is 0. The number of thiazole rings is 1. The third-order valence-corrected chi connectivity index (χ3v) is 4.78. The number of sulfonamides is 1. The molecule has 1 aromatic carbocycles. The van der Waals surface area contributed by atoms with Gasteiger partial charge in [-0.3, -0.25) is 4.72 Å². The third-order valence-electron chi connectivity index (χ3n) is 2.57. The smallest absolute Gasteiger partial charge is 0.265 e. The Morgan fingerprint density at radius 2 is 1.94 bits per heavy atom. The Bertz CT molecular complexity index is 664. The Kier molecular flexibility index (Phi) is 3.27. The van der Waals surface area contributed by atoms with E-state index >= 15 is 0 Å². The fourth-order valence-electron chi connectivity index (χ4n) is 1.49. The normalized spacial score (nSPS) is 11.4. The first-order valence-electron chi connectivity index (χ1n) is 5.19. The van der Waals surface area contributed by atoms with Crippen molar-refractivity contribution in [2.45, 2.75) is 18.7 Å². The Balaban J connectivity index is 2.44. The van der Waals surface area contributed by atoms with Crippen molar-refractivity contribution in [1.29, 1.82) is 0 Å². The van der Waals surface area contributed by atoms with Crippen molar-refractivity contribution in [3.8, 4) is 0 Å². The number of nitrogen functional groups attached to an aromatic ring is 1. The van der Waals surface area contributed by atoms with E-state index in [4.69, 9.17) is 5.73 Å². The largest absolute Gasteiger partial charge is 0.398 e. The molecule has 0 saturated carbocycles. The Morgan fingerprint density at radius 3 is 2.56 bits per heavy atom. The minimum Gasteiger partial charge on any atom is -0.398 e. The number of nitrogens with one attached hydrogen (secondary N) is 1. The molecule has 0 spiro atoms. The molecule has 0 aliphatic heterocycles. The number of nitrogens with two attached hydrogens (primary N) is 1. The van der Waals surface area contributed by atoms with Crippen molar-refractivity contribution >= 4 is 32.2 Å².